The number of nitrogens with zero attached hydrogens (tertiary/aromatic N) is 1. The van der Waals surface area contributed by atoms with Crippen molar-refractivity contribution < 1.29 is 22.7 Å². The number of halogens is 4. The van der Waals surface area contributed by atoms with E-state index in [4.69, 9.17) is 0 Å². The normalized spacial score (nSPS) is 15.8. The number of ether oxygens (including phenoxy) is 1. The molecular weight excluding hydrogens is 345 g/mol. The van der Waals surface area contributed by atoms with Gasteiger partial charge < -0.3 is 15.0 Å². The van der Waals surface area contributed by atoms with Crippen LogP contribution in [0.25, 0.3) is 0 Å². The van der Waals surface area contributed by atoms with Gasteiger partial charge in [-0.1, -0.05) is 13.0 Å². The summed E-state index contributed by atoms with van der Waals surface area (Å²) in [6, 6.07) is 5.23. The van der Waals surface area contributed by atoms with E-state index in [9.17, 15) is 18.0 Å². The molecular formula is C16H22ClF3N2O2. The Morgan fingerprint density at radius 2 is 2.00 bits per heavy atom. The van der Waals surface area contributed by atoms with E-state index in [0.717, 1.165) is 32.0 Å². The maximum atomic E-state index is 12.4. The fraction of sp³-hybridized carbons (Fsp3) is 0.562. The molecule has 1 saturated heterocycles. The summed E-state index contributed by atoms with van der Waals surface area (Å²) in [5.74, 6) is -0.0798. The highest BCUT2D eigenvalue weighted by Gasteiger charge is 2.31. The highest BCUT2D eigenvalue weighted by Crippen LogP contribution is 2.25. The lowest BCUT2D eigenvalue weighted by atomic mass is 9.96. The molecule has 0 atom stereocenters. The van der Waals surface area contributed by atoms with Gasteiger partial charge in [0.1, 0.15) is 5.75 Å². The molecule has 2 rings (SSSR count). The molecule has 1 aromatic rings. The number of piperidine rings is 1. The zero-order valence-corrected chi connectivity index (χ0v) is 14.3. The second-order valence-corrected chi connectivity index (χ2v) is 5.62. The zero-order valence-electron chi connectivity index (χ0n) is 13.4. The smallest absolute Gasteiger partial charge is 0.406 e. The molecule has 136 valence electrons. The maximum absolute atomic E-state index is 12.4. The standard InChI is InChI=1S/C16H21F3N2O2.ClH/c1-2-20-11-12-6-8-21(9-7-12)15(22)13-4-3-5-14(10-13)23-16(17,18)19;/h3-5,10,12,20H,2,6-9,11H2,1H3;1H. The molecule has 0 unspecified atom stereocenters. The van der Waals surface area contributed by atoms with Crippen LogP contribution in [0.15, 0.2) is 24.3 Å². The van der Waals surface area contributed by atoms with Crippen LogP contribution < -0.4 is 10.1 Å². The van der Waals surface area contributed by atoms with Crippen molar-refractivity contribution in [2.45, 2.75) is 26.1 Å². The molecule has 0 bridgehead atoms. The largest absolute Gasteiger partial charge is 0.573 e. The van der Waals surface area contributed by atoms with Crippen LogP contribution in [0.5, 0.6) is 5.75 Å². The summed E-state index contributed by atoms with van der Waals surface area (Å²) in [5, 5.41) is 3.30. The Morgan fingerprint density at radius 1 is 1.33 bits per heavy atom. The van der Waals surface area contributed by atoms with Gasteiger partial charge in [0.15, 0.2) is 0 Å². The van der Waals surface area contributed by atoms with E-state index >= 15 is 0 Å². The topological polar surface area (TPSA) is 41.6 Å². The van der Waals surface area contributed by atoms with E-state index in [-0.39, 0.29) is 29.6 Å². The molecule has 0 aromatic heterocycles. The predicted octanol–water partition coefficient (Wildman–Crippen LogP) is 3.47. The van der Waals surface area contributed by atoms with E-state index in [1.807, 2.05) is 0 Å². The van der Waals surface area contributed by atoms with E-state index in [0.29, 0.717) is 19.0 Å². The average molecular weight is 367 g/mol. The van der Waals surface area contributed by atoms with Crippen molar-refractivity contribution in [2.24, 2.45) is 5.92 Å². The molecule has 1 N–H and O–H groups in total. The molecule has 1 amide bonds. The van der Waals surface area contributed by atoms with E-state index in [1.54, 1.807) is 4.90 Å². The third kappa shape index (κ3) is 6.20. The lowest BCUT2D eigenvalue weighted by Crippen LogP contribution is -2.40. The Balaban J connectivity index is 0.00000288. The van der Waals surface area contributed by atoms with Crippen LogP contribution in [0.2, 0.25) is 0 Å². The first-order valence-electron chi connectivity index (χ1n) is 7.75. The number of hydrogen-bond acceptors (Lipinski definition) is 3. The Labute approximate surface area is 145 Å². The van der Waals surface area contributed by atoms with Gasteiger partial charge in [-0.05, 0) is 50.0 Å². The van der Waals surface area contributed by atoms with Crippen molar-refractivity contribution in [1.29, 1.82) is 0 Å². The highest BCUT2D eigenvalue weighted by atomic mass is 35.5. The molecule has 0 saturated carbocycles. The Morgan fingerprint density at radius 3 is 2.58 bits per heavy atom. The summed E-state index contributed by atoms with van der Waals surface area (Å²) < 4.78 is 40.6. The number of alkyl halides is 3. The minimum absolute atomic E-state index is 0. The molecule has 1 aromatic carbocycles. The quantitative estimate of drug-likeness (QED) is 0.867. The van der Waals surface area contributed by atoms with Gasteiger partial charge in [0.05, 0.1) is 0 Å². The number of likely N-dealkylation sites (tertiary alicyclic amines) is 1. The second-order valence-electron chi connectivity index (χ2n) is 5.62. The molecule has 0 radical (unpaired) electrons. The maximum Gasteiger partial charge on any atom is 0.573 e. The summed E-state index contributed by atoms with van der Waals surface area (Å²) >= 11 is 0. The van der Waals surface area contributed by atoms with Gasteiger partial charge in [-0.25, -0.2) is 0 Å². The van der Waals surface area contributed by atoms with Gasteiger partial charge in [0.2, 0.25) is 0 Å². The van der Waals surface area contributed by atoms with E-state index < -0.39 is 6.36 Å². The van der Waals surface area contributed by atoms with Gasteiger partial charge in [-0.15, -0.1) is 25.6 Å². The number of nitrogens with one attached hydrogen (secondary N) is 1. The number of carbonyl (C=O) groups excluding carboxylic acids is 1. The second kappa shape index (κ2) is 9.13. The summed E-state index contributed by atoms with van der Waals surface area (Å²) in [6.45, 7) is 5.16. The highest BCUT2D eigenvalue weighted by molar-refractivity contribution is 5.94. The van der Waals surface area contributed by atoms with Crippen molar-refractivity contribution in [3.05, 3.63) is 29.8 Å². The third-order valence-corrected chi connectivity index (χ3v) is 3.90. The van der Waals surface area contributed by atoms with Crippen LogP contribution >= 0.6 is 12.4 Å². The van der Waals surface area contributed by atoms with E-state index in [2.05, 4.69) is 17.0 Å². The van der Waals surface area contributed by atoms with Crippen molar-refractivity contribution in [2.75, 3.05) is 26.2 Å². The van der Waals surface area contributed by atoms with Gasteiger partial charge >= 0.3 is 6.36 Å². The van der Waals surface area contributed by atoms with Crippen molar-refractivity contribution >= 4 is 18.3 Å². The Hall–Kier alpha value is -1.47. The third-order valence-electron chi connectivity index (χ3n) is 3.90. The van der Waals surface area contributed by atoms with Gasteiger partial charge in [-0.3, -0.25) is 4.79 Å². The first-order chi connectivity index (χ1) is 10.9. The molecule has 1 fully saturated rings. The van der Waals surface area contributed by atoms with Crippen molar-refractivity contribution in [3.63, 3.8) is 0 Å². The fourth-order valence-electron chi connectivity index (χ4n) is 2.70. The van der Waals surface area contributed by atoms with Gasteiger partial charge in [0.25, 0.3) is 5.91 Å². The molecule has 4 nitrogen and oxygen atoms in total. The summed E-state index contributed by atoms with van der Waals surface area (Å²) in [7, 11) is 0. The first kappa shape index (κ1) is 20.6. The van der Waals surface area contributed by atoms with Gasteiger partial charge in [-0.2, -0.15) is 0 Å². The number of rotatable bonds is 5. The molecule has 24 heavy (non-hydrogen) atoms. The Kier molecular flexibility index (Phi) is 7.83. The minimum Gasteiger partial charge on any atom is -0.406 e. The van der Waals surface area contributed by atoms with Crippen LogP contribution in [0.4, 0.5) is 13.2 Å². The fourth-order valence-corrected chi connectivity index (χ4v) is 2.70. The van der Waals surface area contributed by atoms with Crippen LogP contribution in [0.3, 0.4) is 0 Å². The molecule has 0 aliphatic carbocycles. The SMILES string of the molecule is CCNCC1CCN(C(=O)c2cccc(OC(F)(F)F)c2)CC1.Cl. The van der Waals surface area contributed by atoms with Crippen LogP contribution in [0.1, 0.15) is 30.1 Å². The molecule has 1 heterocycles. The minimum atomic E-state index is -4.76. The van der Waals surface area contributed by atoms with Crippen LogP contribution in [-0.4, -0.2) is 43.3 Å². The average Bonchev–Trinajstić information content (AvgIpc) is 2.51. The zero-order chi connectivity index (χ0) is 16.9. The molecule has 8 heteroatoms. The lowest BCUT2D eigenvalue weighted by molar-refractivity contribution is -0.274. The molecule has 0 spiro atoms. The summed E-state index contributed by atoms with van der Waals surface area (Å²) in [6.07, 6.45) is -2.96. The number of amides is 1. The number of hydrogen-bond donors (Lipinski definition) is 1. The van der Waals surface area contributed by atoms with Gasteiger partial charge in [0, 0.05) is 18.7 Å². The van der Waals surface area contributed by atoms with E-state index in [1.165, 1.54) is 18.2 Å². The predicted molar refractivity (Wildman–Crippen MR) is 87.5 cm³/mol. The summed E-state index contributed by atoms with van der Waals surface area (Å²) in [4.78, 5) is 14.1. The van der Waals surface area contributed by atoms with Crippen molar-refractivity contribution in [1.82, 2.24) is 10.2 Å². The lowest BCUT2D eigenvalue weighted by Gasteiger charge is -2.32. The molecule has 1 aliphatic heterocycles. The van der Waals surface area contributed by atoms with Crippen molar-refractivity contribution in [3.8, 4) is 5.75 Å². The number of benzene rings is 1. The summed E-state index contributed by atoms with van der Waals surface area (Å²) in [5.41, 5.74) is 0.219. The monoisotopic (exact) mass is 366 g/mol. The molecule has 1 aliphatic rings. The number of carbonyl (C=O) groups is 1. The van der Waals surface area contributed by atoms with Crippen LogP contribution in [0, 0.1) is 5.92 Å². The first-order valence-corrected chi connectivity index (χ1v) is 7.75. The van der Waals surface area contributed by atoms with Crippen LogP contribution in [-0.2, 0) is 0 Å². The Bertz CT molecular complexity index is 532.